The molecule has 0 aliphatic carbocycles. The van der Waals surface area contributed by atoms with E-state index in [9.17, 15) is 14.0 Å². The van der Waals surface area contributed by atoms with E-state index in [2.05, 4.69) is 20.6 Å². The Bertz CT molecular complexity index is 1280. The summed E-state index contributed by atoms with van der Waals surface area (Å²) in [5.74, 6) is -0.343. The van der Waals surface area contributed by atoms with Crippen molar-refractivity contribution in [2.75, 3.05) is 11.9 Å². The number of carbonyl (C=O) groups is 2. The number of carbonyl (C=O) groups excluding carboxylic acids is 2. The summed E-state index contributed by atoms with van der Waals surface area (Å²) in [6, 6.07) is 13.1. The Labute approximate surface area is 195 Å². The number of rotatable bonds is 6. The number of benzene rings is 2. The molecular weight excluding hydrogens is 439 g/mol. The van der Waals surface area contributed by atoms with E-state index in [4.69, 9.17) is 9.15 Å². The minimum Gasteiger partial charge on any atom is -0.462 e. The normalized spacial score (nSPS) is 12.9. The lowest BCUT2D eigenvalue weighted by molar-refractivity contribution is -0.137. The van der Waals surface area contributed by atoms with Gasteiger partial charge in [-0.1, -0.05) is 12.1 Å². The zero-order valence-corrected chi connectivity index (χ0v) is 18.7. The molecule has 8 nitrogen and oxygen atoms in total. The van der Waals surface area contributed by atoms with E-state index in [1.165, 1.54) is 18.3 Å². The number of aromatic nitrogens is 1. The first-order valence-corrected chi connectivity index (χ1v) is 10.8. The number of amides is 1. The maximum atomic E-state index is 13.1. The summed E-state index contributed by atoms with van der Waals surface area (Å²) in [6.07, 6.45) is 1.81. The summed E-state index contributed by atoms with van der Waals surface area (Å²) in [4.78, 5) is 34.1. The summed E-state index contributed by atoms with van der Waals surface area (Å²) < 4.78 is 24.0. The fourth-order valence-corrected chi connectivity index (χ4v) is 3.43. The Kier molecular flexibility index (Phi) is 6.82. The highest BCUT2D eigenvalue weighted by Gasteiger charge is 2.26. The van der Waals surface area contributed by atoms with Crippen molar-refractivity contribution in [3.63, 3.8) is 0 Å². The number of esters is 1. The van der Waals surface area contributed by atoms with Crippen molar-refractivity contribution < 1.29 is 23.1 Å². The molecule has 2 heterocycles. The number of hydrogen-bond acceptors (Lipinski definition) is 7. The molecule has 1 aliphatic heterocycles. The second-order valence-electron chi connectivity index (χ2n) is 7.50. The molecule has 1 aliphatic rings. The van der Waals surface area contributed by atoms with E-state index < -0.39 is 5.97 Å². The number of allylic oxidation sites excluding steroid dienone is 1. The highest BCUT2D eigenvalue weighted by Crippen LogP contribution is 2.30. The quantitative estimate of drug-likeness (QED) is 0.522. The maximum Gasteiger partial charge on any atom is 0.343 e. The molecule has 4 rings (SSSR count). The molecule has 174 valence electrons. The molecule has 2 N–H and O–H groups in total. The molecule has 1 aromatic heterocycles. The monoisotopic (exact) mass is 462 g/mol. The van der Waals surface area contributed by atoms with Crippen LogP contribution in [0.1, 0.15) is 26.2 Å². The number of aliphatic imine (C=N–C) groups is 1. The number of halogens is 1. The lowest BCUT2D eigenvalue weighted by Gasteiger charge is -2.13. The van der Waals surface area contributed by atoms with Crippen molar-refractivity contribution in [3.05, 3.63) is 77.7 Å². The number of nitrogens with one attached hydrogen (secondary N) is 2. The summed E-state index contributed by atoms with van der Waals surface area (Å²) in [6.45, 7) is 3.61. The van der Waals surface area contributed by atoms with Crippen molar-refractivity contribution in [1.29, 1.82) is 0 Å². The Morgan fingerprint density at radius 2 is 1.91 bits per heavy atom. The SMILES string of the molecule is CCOC(=O)C1=C(C)Nc2ccccc2N=C1NC(=O)CCc1ncc(-c2ccc(F)cc2)o1. The van der Waals surface area contributed by atoms with Gasteiger partial charge in [0.25, 0.3) is 0 Å². The molecule has 0 saturated heterocycles. The molecule has 1 amide bonds. The van der Waals surface area contributed by atoms with Gasteiger partial charge < -0.3 is 19.8 Å². The highest BCUT2D eigenvalue weighted by molar-refractivity contribution is 6.24. The third-order valence-electron chi connectivity index (χ3n) is 5.06. The smallest absolute Gasteiger partial charge is 0.343 e. The van der Waals surface area contributed by atoms with Gasteiger partial charge in [0, 0.05) is 24.1 Å². The fraction of sp³-hybridized carbons (Fsp3) is 0.200. The van der Waals surface area contributed by atoms with Crippen LogP contribution >= 0.6 is 0 Å². The molecule has 0 radical (unpaired) electrons. The number of fused-ring (bicyclic) bond motifs is 1. The second kappa shape index (κ2) is 10.1. The number of aryl methyl sites for hydroxylation is 1. The van der Waals surface area contributed by atoms with E-state index in [-0.39, 0.29) is 42.6 Å². The zero-order chi connectivity index (χ0) is 24.1. The summed E-state index contributed by atoms with van der Waals surface area (Å²) in [7, 11) is 0. The third kappa shape index (κ3) is 5.20. The first kappa shape index (κ1) is 22.9. The van der Waals surface area contributed by atoms with Crippen LogP contribution in [0.2, 0.25) is 0 Å². The Morgan fingerprint density at radius 3 is 2.68 bits per heavy atom. The van der Waals surface area contributed by atoms with Crippen molar-refractivity contribution >= 4 is 29.1 Å². The van der Waals surface area contributed by atoms with E-state index in [1.54, 1.807) is 32.0 Å². The summed E-state index contributed by atoms with van der Waals surface area (Å²) in [5, 5.41) is 5.89. The van der Waals surface area contributed by atoms with Gasteiger partial charge in [-0.3, -0.25) is 4.79 Å². The van der Waals surface area contributed by atoms with Crippen molar-refractivity contribution in [2.24, 2.45) is 4.99 Å². The van der Waals surface area contributed by atoms with Gasteiger partial charge in [0.15, 0.2) is 11.7 Å². The van der Waals surface area contributed by atoms with Crippen LogP contribution in [0.5, 0.6) is 0 Å². The molecule has 9 heteroatoms. The van der Waals surface area contributed by atoms with Crippen LogP contribution in [0.3, 0.4) is 0 Å². The number of ether oxygens (including phenoxy) is 1. The summed E-state index contributed by atoms with van der Waals surface area (Å²) in [5.41, 5.74) is 2.63. The van der Waals surface area contributed by atoms with Gasteiger partial charge in [0.1, 0.15) is 17.2 Å². The number of oxazole rings is 1. The van der Waals surface area contributed by atoms with E-state index in [0.717, 1.165) is 0 Å². The van der Waals surface area contributed by atoms with E-state index in [0.29, 0.717) is 34.3 Å². The zero-order valence-electron chi connectivity index (χ0n) is 18.7. The topological polar surface area (TPSA) is 106 Å². The first-order chi connectivity index (χ1) is 16.4. The van der Waals surface area contributed by atoms with Gasteiger partial charge in [-0.15, -0.1) is 0 Å². The average Bonchev–Trinajstić information content (AvgIpc) is 3.23. The molecule has 3 aromatic rings. The molecule has 0 saturated carbocycles. The fourth-order valence-electron chi connectivity index (χ4n) is 3.43. The number of anilines is 1. The molecule has 2 aromatic carbocycles. The number of hydrogen-bond donors (Lipinski definition) is 2. The average molecular weight is 462 g/mol. The first-order valence-electron chi connectivity index (χ1n) is 10.8. The highest BCUT2D eigenvalue weighted by atomic mass is 19.1. The van der Waals surface area contributed by atoms with Crippen LogP contribution in [0.15, 0.2) is 75.4 Å². The molecule has 0 spiro atoms. The molecule has 34 heavy (non-hydrogen) atoms. The number of nitrogens with zero attached hydrogens (tertiary/aromatic N) is 2. The van der Waals surface area contributed by atoms with Crippen LogP contribution in [0.25, 0.3) is 11.3 Å². The lowest BCUT2D eigenvalue weighted by atomic mass is 10.1. The largest absolute Gasteiger partial charge is 0.462 e. The predicted molar refractivity (Wildman–Crippen MR) is 125 cm³/mol. The van der Waals surface area contributed by atoms with Gasteiger partial charge >= 0.3 is 5.97 Å². The lowest BCUT2D eigenvalue weighted by Crippen LogP contribution is -2.35. The maximum absolute atomic E-state index is 13.1. The van der Waals surface area contributed by atoms with Crippen LogP contribution in [-0.2, 0) is 20.7 Å². The van der Waals surface area contributed by atoms with Crippen molar-refractivity contribution in [2.45, 2.75) is 26.7 Å². The number of amidine groups is 1. The Morgan fingerprint density at radius 1 is 1.15 bits per heavy atom. The van der Waals surface area contributed by atoms with E-state index >= 15 is 0 Å². The van der Waals surface area contributed by atoms with Crippen LogP contribution < -0.4 is 10.6 Å². The van der Waals surface area contributed by atoms with Gasteiger partial charge in [-0.25, -0.2) is 19.2 Å². The van der Waals surface area contributed by atoms with Crippen molar-refractivity contribution in [3.8, 4) is 11.3 Å². The Hall–Kier alpha value is -4.27. The second-order valence-corrected chi connectivity index (χ2v) is 7.50. The molecule has 0 unspecified atom stereocenters. The van der Waals surface area contributed by atoms with Crippen molar-refractivity contribution in [1.82, 2.24) is 10.3 Å². The standard InChI is InChI=1S/C25H23FN4O4/c1-3-33-25(32)23-15(2)28-18-6-4-5-7-19(18)29-24(23)30-21(31)12-13-22-27-14-20(34-22)16-8-10-17(26)11-9-16/h4-11,14,28H,3,12-13H2,1-2H3,(H,29,30,31). The van der Waals surface area contributed by atoms with Crippen LogP contribution in [0.4, 0.5) is 15.8 Å². The minimum atomic E-state index is -0.587. The molecule has 0 bridgehead atoms. The molecule has 0 fully saturated rings. The van der Waals surface area contributed by atoms with Crippen LogP contribution in [-0.4, -0.2) is 29.3 Å². The molecular formula is C25H23FN4O4. The summed E-state index contributed by atoms with van der Waals surface area (Å²) >= 11 is 0. The van der Waals surface area contributed by atoms with Gasteiger partial charge in [-0.2, -0.15) is 0 Å². The Balaban J connectivity index is 1.49. The van der Waals surface area contributed by atoms with Crippen LogP contribution in [0, 0.1) is 5.82 Å². The third-order valence-corrected chi connectivity index (χ3v) is 5.06. The van der Waals surface area contributed by atoms with Gasteiger partial charge in [0.2, 0.25) is 5.91 Å². The van der Waals surface area contributed by atoms with Gasteiger partial charge in [-0.05, 0) is 50.2 Å². The molecule has 0 atom stereocenters. The van der Waals surface area contributed by atoms with Gasteiger partial charge in [0.05, 0.1) is 24.2 Å². The predicted octanol–water partition coefficient (Wildman–Crippen LogP) is 4.52. The number of para-hydroxylation sites is 2. The minimum absolute atomic E-state index is 0.0482. The van der Waals surface area contributed by atoms with E-state index in [1.807, 2.05) is 18.2 Å².